The number of nitrogens with one attached hydrogen (secondary N) is 1. The molecular formula is C31H37FN4O5Si. The molecule has 222 valence electrons. The van der Waals surface area contributed by atoms with Gasteiger partial charge in [-0.1, -0.05) is 53.7 Å². The quantitative estimate of drug-likeness (QED) is 0.296. The average Bonchev–Trinajstić information content (AvgIpc) is 3.52. The Kier molecular flexibility index (Phi) is 7.97. The number of carbonyl (C=O) groups excluding carboxylic acids is 3. The number of imide groups is 1. The first-order valence-corrected chi connectivity index (χ1v) is 16.5. The standard InChI is InChI=1S/C31H37FN4O5Si/c1-18(2)42(19(3)4,20(5)6)41-28-25-24(17-35(29(25)37)16-21-9-11-22(32)12-10-21)27(23-8-7-13-33-26(23)28)40-31(39)36-15-14-34-30(36)38/h7-13,18-20H,14-17H2,1-6H3,(H,34,38). The number of hydrogen-bond acceptors (Lipinski definition) is 6. The number of hydrogen-bond donors (Lipinski definition) is 1. The van der Waals surface area contributed by atoms with Gasteiger partial charge in [0.2, 0.25) is 0 Å². The SMILES string of the molecule is CC(C)[Si](Oc1c2c(c(OC(=O)N3CCNC3=O)c3cccnc13)CN(Cc1ccc(F)cc1)C2=O)(C(C)C)C(C)C. The largest absolute Gasteiger partial charge is 0.541 e. The summed E-state index contributed by atoms with van der Waals surface area (Å²) in [6.45, 7) is 13.9. The van der Waals surface area contributed by atoms with Gasteiger partial charge in [0.05, 0.1) is 18.7 Å². The van der Waals surface area contributed by atoms with Gasteiger partial charge in [0.25, 0.3) is 14.2 Å². The third-order valence-corrected chi connectivity index (χ3v) is 14.4. The van der Waals surface area contributed by atoms with Crippen molar-refractivity contribution in [2.24, 2.45) is 0 Å². The molecule has 4 amide bonds. The highest BCUT2D eigenvalue weighted by molar-refractivity contribution is 6.78. The van der Waals surface area contributed by atoms with Gasteiger partial charge in [0.15, 0.2) is 0 Å². The van der Waals surface area contributed by atoms with Gasteiger partial charge in [-0.25, -0.2) is 18.9 Å². The van der Waals surface area contributed by atoms with E-state index in [1.807, 2.05) is 0 Å². The topological polar surface area (TPSA) is 101 Å². The Hall–Kier alpha value is -3.99. The van der Waals surface area contributed by atoms with Gasteiger partial charge in [-0.2, -0.15) is 0 Å². The van der Waals surface area contributed by atoms with Crippen molar-refractivity contribution in [1.82, 2.24) is 20.1 Å². The zero-order valence-electron chi connectivity index (χ0n) is 24.9. The van der Waals surface area contributed by atoms with Crippen LogP contribution in [0.3, 0.4) is 0 Å². The minimum Gasteiger partial charge on any atom is -0.541 e. The maximum atomic E-state index is 14.2. The third-order valence-electron chi connectivity index (χ3n) is 8.46. The molecule has 0 atom stereocenters. The van der Waals surface area contributed by atoms with E-state index in [0.717, 1.165) is 10.5 Å². The monoisotopic (exact) mass is 592 g/mol. The second-order valence-corrected chi connectivity index (χ2v) is 17.2. The van der Waals surface area contributed by atoms with E-state index in [1.54, 1.807) is 35.4 Å². The molecule has 5 rings (SSSR count). The zero-order valence-corrected chi connectivity index (χ0v) is 25.9. The van der Waals surface area contributed by atoms with Crippen LogP contribution in [0.15, 0.2) is 42.6 Å². The molecule has 42 heavy (non-hydrogen) atoms. The van der Waals surface area contributed by atoms with Crippen molar-refractivity contribution in [2.75, 3.05) is 13.1 Å². The van der Waals surface area contributed by atoms with Gasteiger partial charge in [-0.05, 0) is 46.5 Å². The van der Waals surface area contributed by atoms with Crippen LogP contribution >= 0.6 is 0 Å². The smallest absolute Gasteiger partial charge is 0.423 e. The fourth-order valence-electron chi connectivity index (χ4n) is 6.57. The molecule has 1 fully saturated rings. The molecule has 0 radical (unpaired) electrons. The number of aromatic nitrogens is 1. The molecule has 11 heteroatoms. The Morgan fingerprint density at radius 1 is 1.02 bits per heavy atom. The molecule has 2 aliphatic heterocycles. The number of pyridine rings is 1. The molecule has 3 heterocycles. The number of rotatable bonds is 8. The zero-order chi connectivity index (χ0) is 30.3. The van der Waals surface area contributed by atoms with E-state index in [4.69, 9.17) is 9.16 Å². The summed E-state index contributed by atoms with van der Waals surface area (Å²) in [4.78, 5) is 46.9. The highest BCUT2D eigenvalue weighted by Gasteiger charge is 2.49. The van der Waals surface area contributed by atoms with Crippen LogP contribution in [0, 0.1) is 5.82 Å². The minimum atomic E-state index is -2.56. The van der Waals surface area contributed by atoms with E-state index in [9.17, 15) is 18.8 Å². The molecule has 1 saturated heterocycles. The highest BCUT2D eigenvalue weighted by Crippen LogP contribution is 2.49. The lowest BCUT2D eigenvalue weighted by molar-refractivity contribution is 0.0765. The number of amides is 4. The van der Waals surface area contributed by atoms with Crippen LogP contribution in [-0.4, -0.2) is 54.2 Å². The van der Waals surface area contributed by atoms with Crippen molar-refractivity contribution < 1.29 is 27.9 Å². The van der Waals surface area contributed by atoms with Crippen LogP contribution < -0.4 is 14.5 Å². The fraction of sp³-hybridized carbons (Fsp3) is 0.419. The summed E-state index contributed by atoms with van der Waals surface area (Å²) in [6, 6.07) is 9.00. The van der Waals surface area contributed by atoms with E-state index >= 15 is 0 Å². The first kappa shape index (κ1) is 29.5. The molecule has 0 spiro atoms. The first-order chi connectivity index (χ1) is 20.0. The Labute approximate surface area is 246 Å². The van der Waals surface area contributed by atoms with E-state index in [2.05, 4.69) is 51.8 Å². The summed E-state index contributed by atoms with van der Waals surface area (Å²) >= 11 is 0. The molecule has 0 unspecified atom stereocenters. The molecule has 0 saturated carbocycles. The molecule has 0 aliphatic carbocycles. The number of benzene rings is 2. The van der Waals surface area contributed by atoms with Crippen molar-refractivity contribution in [1.29, 1.82) is 0 Å². The summed E-state index contributed by atoms with van der Waals surface area (Å²) in [5.41, 5.74) is 2.69. The minimum absolute atomic E-state index is 0.140. The van der Waals surface area contributed by atoms with Crippen LogP contribution in [-0.2, 0) is 13.1 Å². The van der Waals surface area contributed by atoms with Crippen molar-refractivity contribution in [3.63, 3.8) is 0 Å². The normalized spacial score (nSPS) is 15.3. The highest BCUT2D eigenvalue weighted by atomic mass is 28.4. The number of carbonyl (C=O) groups is 3. The van der Waals surface area contributed by atoms with Crippen molar-refractivity contribution >= 4 is 37.3 Å². The predicted molar refractivity (Wildman–Crippen MR) is 160 cm³/mol. The van der Waals surface area contributed by atoms with Gasteiger partial charge < -0.3 is 19.4 Å². The summed E-state index contributed by atoms with van der Waals surface area (Å²) in [6.07, 6.45) is 0.797. The van der Waals surface area contributed by atoms with Crippen LogP contribution in [0.4, 0.5) is 14.0 Å². The first-order valence-electron chi connectivity index (χ1n) is 14.4. The number of nitrogens with zero attached hydrogens (tertiary/aromatic N) is 3. The van der Waals surface area contributed by atoms with Crippen LogP contribution in [0.1, 0.15) is 63.0 Å². The van der Waals surface area contributed by atoms with Gasteiger partial charge in [0.1, 0.15) is 22.8 Å². The average molecular weight is 593 g/mol. The maximum Gasteiger partial charge on any atom is 0.423 e. The fourth-order valence-corrected chi connectivity index (χ4v) is 11.8. The Bertz CT molecular complexity index is 1520. The Morgan fingerprint density at radius 3 is 2.29 bits per heavy atom. The Morgan fingerprint density at radius 2 is 1.69 bits per heavy atom. The maximum absolute atomic E-state index is 14.2. The summed E-state index contributed by atoms with van der Waals surface area (Å²) in [5, 5.41) is 3.13. The van der Waals surface area contributed by atoms with E-state index < -0.39 is 20.4 Å². The lowest BCUT2D eigenvalue weighted by Crippen LogP contribution is -2.51. The summed E-state index contributed by atoms with van der Waals surface area (Å²) < 4.78 is 26.7. The Balaban J connectivity index is 1.70. The van der Waals surface area contributed by atoms with Gasteiger partial charge in [0, 0.05) is 30.2 Å². The molecule has 2 aromatic carbocycles. The molecule has 3 aromatic rings. The second kappa shape index (κ2) is 11.4. The van der Waals surface area contributed by atoms with Gasteiger partial charge in [-0.15, -0.1) is 0 Å². The lowest BCUT2D eigenvalue weighted by atomic mass is 10.0. The molecule has 0 bridgehead atoms. The molecular weight excluding hydrogens is 555 g/mol. The van der Waals surface area contributed by atoms with E-state index in [0.29, 0.717) is 34.3 Å². The lowest BCUT2D eigenvalue weighted by Gasteiger charge is -2.42. The number of fused-ring (bicyclic) bond motifs is 2. The second-order valence-electron chi connectivity index (χ2n) is 11.9. The van der Waals surface area contributed by atoms with E-state index in [1.165, 1.54) is 12.1 Å². The predicted octanol–water partition coefficient (Wildman–Crippen LogP) is 6.61. The van der Waals surface area contributed by atoms with Crippen LogP contribution in [0.5, 0.6) is 11.5 Å². The van der Waals surface area contributed by atoms with Crippen molar-refractivity contribution in [2.45, 2.75) is 71.3 Å². The molecule has 9 nitrogen and oxygen atoms in total. The molecule has 1 aromatic heterocycles. The third kappa shape index (κ3) is 4.99. The van der Waals surface area contributed by atoms with Gasteiger partial charge in [-0.3, -0.25) is 9.78 Å². The summed E-state index contributed by atoms with van der Waals surface area (Å²) in [7, 11) is -2.56. The van der Waals surface area contributed by atoms with Crippen LogP contribution in [0.2, 0.25) is 16.6 Å². The molecule has 2 aliphatic rings. The number of urea groups is 1. The van der Waals surface area contributed by atoms with Gasteiger partial charge >= 0.3 is 12.1 Å². The number of ether oxygens (including phenoxy) is 1. The molecule has 1 N–H and O–H groups in total. The van der Waals surface area contributed by atoms with E-state index in [-0.39, 0.29) is 53.7 Å². The van der Waals surface area contributed by atoms with Crippen molar-refractivity contribution in [3.8, 4) is 11.5 Å². The van der Waals surface area contributed by atoms with Crippen molar-refractivity contribution in [3.05, 3.63) is 65.1 Å². The summed E-state index contributed by atoms with van der Waals surface area (Å²) in [5.74, 6) is -0.0488. The number of halogens is 1. The van der Waals surface area contributed by atoms with Crippen LogP contribution in [0.25, 0.3) is 10.9 Å².